The molecule has 1 aliphatic heterocycles. The molecule has 7 nitrogen and oxygen atoms in total. The average molecular weight is 588 g/mol. The lowest BCUT2D eigenvalue weighted by Crippen LogP contribution is -2.51. The summed E-state index contributed by atoms with van der Waals surface area (Å²) in [6.45, 7) is 3.94. The van der Waals surface area contributed by atoms with E-state index >= 15 is 0 Å². The van der Waals surface area contributed by atoms with Gasteiger partial charge in [0.2, 0.25) is 11.8 Å². The summed E-state index contributed by atoms with van der Waals surface area (Å²) in [7, 11) is -3.74. The molecule has 4 aromatic rings. The minimum absolute atomic E-state index is 0.0276. The second-order valence-corrected chi connectivity index (χ2v) is 12.7. The fourth-order valence-electron chi connectivity index (χ4n) is 5.44. The second-order valence-electron chi connectivity index (χ2n) is 10.8. The summed E-state index contributed by atoms with van der Waals surface area (Å²) in [5, 5.41) is 4.48. The maximum Gasteiger partial charge on any atom is 0.265 e. The predicted octanol–water partition coefficient (Wildman–Crippen LogP) is 5.43. The molecule has 218 valence electrons. The molecule has 0 spiro atoms. The number of carbonyl (C=O) groups excluding carboxylic acids is 2. The average Bonchev–Trinajstić information content (AvgIpc) is 3.19. The van der Waals surface area contributed by atoms with E-state index in [2.05, 4.69) is 5.32 Å². The third-order valence-corrected chi connectivity index (χ3v) is 9.26. The number of rotatable bonds is 11. The summed E-state index contributed by atoms with van der Waals surface area (Å²) in [5.41, 5.74) is 2.19. The van der Waals surface area contributed by atoms with Crippen LogP contribution in [0.2, 0.25) is 0 Å². The number of amides is 2. The number of halogens is 1. The van der Waals surface area contributed by atoms with E-state index in [0.29, 0.717) is 23.1 Å². The Balaban J connectivity index is 1.39. The molecule has 1 N–H and O–H groups in total. The van der Waals surface area contributed by atoms with E-state index in [4.69, 9.17) is 0 Å². The Morgan fingerprint density at radius 3 is 2.26 bits per heavy atom. The lowest BCUT2D eigenvalue weighted by atomic mass is 10.0. The van der Waals surface area contributed by atoms with Gasteiger partial charge in [-0.2, -0.15) is 0 Å². The molecule has 0 bridgehead atoms. The number of nitrogens with one attached hydrogen (secondary N) is 1. The van der Waals surface area contributed by atoms with Crippen molar-refractivity contribution in [1.82, 2.24) is 10.2 Å². The van der Waals surface area contributed by atoms with Crippen LogP contribution in [0.3, 0.4) is 0 Å². The standard InChI is InChI=1S/C33H34FN3O4S/c1-23(2)35-33(39)29(21-24-9-4-3-5-10-24)36(22-25-16-18-27(34)19-17-25)31(38)15-8-20-37-28-13-6-11-26-12-7-14-30(32(26)28)42(37,40)41/h3-7,9-14,16-19,23,29H,8,15,20-22H2,1-2H3,(H,35,39)/t29-/m0/s1. The van der Waals surface area contributed by atoms with Gasteiger partial charge in [0, 0.05) is 37.4 Å². The van der Waals surface area contributed by atoms with Crippen LogP contribution in [0.25, 0.3) is 10.8 Å². The van der Waals surface area contributed by atoms with Crippen molar-refractivity contribution in [3.05, 3.63) is 108 Å². The summed E-state index contributed by atoms with van der Waals surface area (Å²) < 4.78 is 41.8. The van der Waals surface area contributed by atoms with Crippen LogP contribution in [0, 0.1) is 5.82 Å². The molecule has 0 fully saturated rings. The Bertz CT molecular complexity index is 1690. The third kappa shape index (κ3) is 6.16. The Morgan fingerprint density at radius 2 is 1.57 bits per heavy atom. The highest BCUT2D eigenvalue weighted by Gasteiger charge is 2.36. The summed E-state index contributed by atoms with van der Waals surface area (Å²) in [6.07, 6.45) is 0.580. The van der Waals surface area contributed by atoms with Crippen LogP contribution >= 0.6 is 0 Å². The van der Waals surface area contributed by atoms with Gasteiger partial charge in [-0.15, -0.1) is 0 Å². The largest absolute Gasteiger partial charge is 0.352 e. The van der Waals surface area contributed by atoms with E-state index in [-0.39, 0.29) is 48.7 Å². The van der Waals surface area contributed by atoms with E-state index in [1.165, 1.54) is 21.3 Å². The number of hydrogen-bond acceptors (Lipinski definition) is 4. The summed E-state index contributed by atoms with van der Waals surface area (Å²) >= 11 is 0. The zero-order chi connectivity index (χ0) is 29.9. The van der Waals surface area contributed by atoms with Gasteiger partial charge < -0.3 is 10.2 Å². The number of benzene rings is 4. The highest BCUT2D eigenvalue weighted by atomic mass is 32.2. The van der Waals surface area contributed by atoms with Crippen LogP contribution in [0.5, 0.6) is 0 Å². The molecule has 42 heavy (non-hydrogen) atoms. The molecular formula is C33H34FN3O4S. The fourth-order valence-corrected chi connectivity index (χ4v) is 7.19. The van der Waals surface area contributed by atoms with Gasteiger partial charge in [0.25, 0.3) is 10.0 Å². The number of carbonyl (C=O) groups is 2. The molecule has 0 aliphatic carbocycles. The molecule has 0 radical (unpaired) electrons. The molecule has 0 saturated carbocycles. The fraction of sp³-hybridized carbons (Fsp3) is 0.273. The summed E-state index contributed by atoms with van der Waals surface area (Å²) in [5.74, 6) is -0.960. The zero-order valence-corrected chi connectivity index (χ0v) is 24.5. The van der Waals surface area contributed by atoms with E-state index in [9.17, 15) is 22.4 Å². The minimum Gasteiger partial charge on any atom is -0.352 e. The summed E-state index contributed by atoms with van der Waals surface area (Å²) in [6, 6.07) is 25.1. The first-order chi connectivity index (χ1) is 20.1. The molecule has 0 unspecified atom stereocenters. The monoisotopic (exact) mass is 587 g/mol. The summed E-state index contributed by atoms with van der Waals surface area (Å²) in [4.78, 5) is 29.2. The third-order valence-electron chi connectivity index (χ3n) is 7.40. The van der Waals surface area contributed by atoms with Crippen LogP contribution in [0.15, 0.2) is 95.9 Å². The van der Waals surface area contributed by atoms with Gasteiger partial charge in [0.1, 0.15) is 11.9 Å². The van der Waals surface area contributed by atoms with Gasteiger partial charge in [0.05, 0.1) is 10.6 Å². The van der Waals surface area contributed by atoms with Gasteiger partial charge in [0.15, 0.2) is 0 Å². The number of anilines is 1. The lowest BCUT2D eigenvalue weighted by Gasteiger charge is -2.32. The smallest absolute Gasteiger partial charge is 0.265 e. The highest BCUT2D eigenvalue weighted by Crippen LogP contribution is 2.42. The second kappa shape index (κ2) is 12.3. The molecule has 0 aromatic heterocycles. The van der Waals surface area contributed by atoms with Crippen molar-refractivity contribution in [2.75, 3.05) is 10.8 Å². The van der Waals surface area contributed by atoms with Crippen molar-refractivity contribution in [3.63, 3.8) is 0 Å². The van der Waals surface area contributed by atoms with Crippen LogP contribution in [0.4, 0.5) is 10.1 Å². The Morgan fingerprint density at radius 1 is 0.881 bits per heavy atom. The van der Waals surface area contributed by atoms with E-state index in [1.807, 2.05) is 62.4 Å². The van der Waals surface area contributed by atoms with Gasteiger partial charge in [-0.3, -0.25) is 13.9 Å². The van der Waals surface area contributed by atoms with Crippen molar-refractivity contribution in [2.24, 2.45) is 0 Å². The maximum atomic E-state index is 13.9. The quantitative estimate of drug-likeness (QED) is 0.254. The molecule has 5 rings (SSSR count). The molecular weight excluding hydrogens is 553 g/mol. The van der Waals surface area contributed by atoms with Gasteiger partial charge >= 0.3 is 0 Å². The van der Waals surface area contributed by atoms with E-state index in [1.54, 1.807) is 30.3 Å². The maximum absolute atomic E-state index is 13.9. The van der Waals surface area contributed by atoms with Crippen LogP contribution in [-0.2, 0) is 32.6 Å². The Kier molecular flexibility index (Phi) is 8.59. The lowest BCUT2D eigenvalue weighted by molar-refractivity contribution is -0.141. The first kappa shape index (κ1) is 29.3. The van der Waals surface area contributed by atoms with Gasteiger partial charge in [-0.25, -0.2) is 12.8 Å². The highest BCUT2D eigenvalue weighted by molar-refractivity contribution is 7.93. The number of nitrogens with zero attached hydrogens (tertiary/aromatic N) is 2. The molecule has 4 aromatic carbocycles. The first-order valence-corrected chi connectivity index (χ1v) is 15.5. The van der Waals surface area contributed by atoms with E-state index in [0.717, 1.165) is 10.9 Å². The molecule has 1 heterocycles. The predicted molar refractivity (Wildman–Crippen MR) is 162 cm³/mol. The molecule has 1 atom stereocenters. The first-order valence-electron chi connectivity index (χ1n) is 14.1. The molecule has 9 heteroatoms. The Hall–Kier alpha value is -4.24. The zero-order valence-electron chi connectivity index (χ0n) is 23.7. The van der Waals surface area contributed by atoms with Crippen LogP contribution < -0.4 is 9.62 Å². The van der Waals surface area contributed by atoms with Crippen molar-refractivity contribution in [1.29, 1.82) is 0 Å². The van der Waals surface area contributed by atoms with Crippen LogP contribution in [0.1, 0.15) is 37.8 Å². The molecule has 2 amide bonds. The number of hydrogen-bond donors (Lipinski definition) is 1. The SMILES string of the molecule is CC(C)NC(=O)[C@H](Cc1ccccc1)N(Cc1ccc(F)cc1)C(=O)CCCN1c2cccc3cccc(c23)S1(=O)=O. The van der Waals surface area contributed by atoms with Gasteiger partial charge in [-0.05, 0) is 61.0 Å². The van der Waals surface area contributed by atoms with E-state index < -0.39 is 21.9 Å². The minimum atomic E-state index is -3.74. The van der Waals surface area contributed by atoms with Crippen molar-refractivity contribution < 1.29 is 22.4 Å². The molecule has 0 saturated heterocycles. The normalized spacial score (nSPS) is 14.2. The topological polar surface area (TPSA) is 86.8 Å². The van der Waals surface area contributed by atoms with Crippen molar-refractivity contribution >= 4 is 38.3 Å². The van der Waals surface area contributed by atoms with Crippen molar-refractivity contribution in [3.8, 4) is 0 Å². The number of sulfonamides is 1. The van der Waals surface area contributed by atoms with Crippen molar-refractivity contribution in [2.45, 2.75) is 56.6 Å². The van der Waals surface area contributed by atoms with Crippen LogP contribution in [-0.4, -0.2) is 43.8 Å². The van der Waals surface area contributed by atoms with Gasteiger partial charge in [-0.1, -0.05) is 66.7 Å². The Labute approximate surface area is 246 Å². The molecule has 1 aliphatic rings.